The summed E-state index contributed by atoms with van der Waals surface area (Å²) in [4.78, 5) is 17.4. The van der Waals surface area contributed by atoms with Crippen molar-refractivity contribution in [3.8, 4) is 22.5 Å². The van der Waals surface area contributed by atoms with E-state index in [4.69, 9.17) is 4.98 Å². The molecule has 0 saturated heterocycles. The molecule has 0 aliphatic heterocycles. The van der Waals surface area contributed by atoms with Crippen LogP contribution < -0.4 is 5.32 Å². The molecule has 0 aliphatic carbocycles. The van der Waals surface area contributed by atoms with E-state index in [1.807, 2.05) is 91.0 Å². The second-order valence-electron chi connectivity index (χ2n) is 7.06. The third-order valence-electron chi connectivity index (χ3n) is 5.04. The van der Waals surface area contributed by atoms with Gasteiger partial charge in [-0.15, -0.1) is 10.2 Å². The predicted molar refractivity (Wildman–Crippen MR) is 120 cm³/mol. The van der Waals surface area contributed by atoms with Gasteiger partial charge in [0.05, 0.1) is 12.1 Å². The number of carbonyl (C=O) groups excluding carboxylic acids is 1. The van der Waals surface area contributed by atoms with Crippen molar-refractivity contribution in [3.05, 3.63) is 103 Å². The molecule has 5 aromatic rings. The van der Waals surface area contributed by atoms with Crippen LogP contribution in [0.15, 0.2) is 97.2 Å². The lowest BCUT2D eigenvalue weighted by Gasteiger charge is -2.10. The molecule has 5 rings (SSSR count). The Morgan fingerprint density at radius 3 is 2.13 bits per heavy atom. The van der Waals surface area contributed by atoms with E-state index < -0.39 is 0 Å². The van der Waals surface area contributed by atoms with E-state index >= 15 is 0 Å². The molecule has 150 valence electrons. The first kappa shape index (κ1) is 18.7. The number of nitrogens with zero attached hydrogens (tertiary/aromatic N) is 4. The fourth-order valence-corrected chi connectivity index (χ4v) is 3.52. The Kier molecular flexibility index (Phi) is 4.94. The van der Waals surface area contributed by atoms with Gasteiger partial charge in [-0.05, 0) is 12.1 Å². The molecule has 6 nitrogen and oxygen atoms in total. The molecule has 1 amide bonds. The topological polar surface area (TPSA) is 72.7 Å². The monoisotopic (exact) mass is 405 g/mol. The number of para-hydroxylation sites is 1. The first-order chi connectivity index (χ1) is 15.3. The summed E-state index contributed by atoms with van der Waals surface area (Å²) >= 11 is 0. The molecule has 0 saturated carbocycles. The molecule has 0 radical (unpaired) electrons. The van der Waals surface area contributed by atoms with Gasteiger partial charge in [-0.2, -0.15) is 0 Å². The molecule has 0 fully saturated rings. The molecular weight excluding hydrogens is 386 g/mol. The molecule has 2 aromatic heterocycles. The van der Waals surface area contributed by atoms with E-state index in [9.17, 15) is 4.79 Å². The Bertz CT molecular complexity index is 1350. The number of nitrogens with one attached hydrogen (secondary N) is 1. The van der Waals surface area contributed by atoms with E-state index in [1.54, 1.807) is 10.8 Å². The molecule has 0 atom stereocenters. The summed E-state index contributed by atoms with van der Waals surface area (Å²) < 4.78 is 1.58. The predicted octanol–water partition coefficient (Wildman–Crippen LogP) is 4.92. The van der Waals surface area contributed by atoms with Crippen LogP contribution in [-0.4, -0.2) is 25.8 Å². The van der Waals surface area contributed by atoms with Crippen LogP contribution in [0.4, 0.5) is 4.79 Å². The molecule has 0 aliphatic rings. The molecule has 0 unspecified atom stereocenters. The van der Waals surface area contributed by atoms with Gasteiger partial charge in [0.15, 0.2) is 5.82 Å². The molecule has 1 N–H and O–H groups in total. The Balaban J connectivity index is 1.44. The van der Waals surface area contributed by atoms with Crippen molar-refractivity contribution in [1.29, 1.82) is 0 Å². The third kappa shape index (κ3) is 3.79. The number of hydrogen-bond donors (Lipinski definition) is 1. The average Bonchev–Trinajstić information content (AvgIpc) is 3.28. The number of benzene rings is 3. The molecule has 2 heterocycles. The van der Waals surface area contributed by atoms with Crippen LogP contribution in [0.3, 0.4) is 0 Å². The van der Waals surface area contributed by atoms with Gasteiger partial charge >= 0.3 is 6.03 Å². The fraction of sp³-hybridized carbons (Fsp3) is 0.0400. The summed E-state index contributed by atoms with van der Waals surface area (Å²) in [6.07, 6.45) is 1.76. The molecular formula is C25H19N5O. The van der Waals surface area contributed by atoms with Gasteiger partial charge in [0, 0.05) is 22.7 Å². The maximum atomic E-state index is 12.7. The summed E-state index contributed by atoms with van der Waals surface area (Å²) in [7, 11) is 0. The number of fused-ring (bicyclic) bond motifs is 1. The lowest BCUT2D eigenvalue weighted by molar-refractivity contribution is 0.242. The van der Waals surface area contributed by atoms with E-state index in [-0.39, 0.29) is 12.6 Å². The highest BCUT2D eigenvalue weighted by molar-refractivity contribution is 5.91. The van der Waals surface area contributed by atoms with Crippen molar-refractivity contribution >= 4 is 16.9 Å². The van der Waals surface area contributed by atoms with Gasteiger partial charge in [-0.1, -0.05) is 78.9 Å². The normalized spacial score (nSPS) is 10.8. The maximum absolute atomic E-state index is 12.7. The van der Waals surface area contributed by atoms with Gasteiger partial charge in [0.25, 0.3) is 0 Å². The first-order valence-electron chi connectivity index (χ1n) is 9.98. The van der Waals surface area contributed by atoms with E-state index in [2.05, 4.69) is 15.5 Å². The Morgan fingerprint density at radius 2 is 1.39 bits per heavy atom. The summed E-state index contributed by atoms with van der Waals surface area (Å²) in [5.74, 6) is 0.448. The van der Waals surface area contributed by atoms with Gasteiger partial charge in [-0.3, -0.25) is 4.57 Å². The van der Waals surface area contributed by atoms with Crippen LogP contribution >= 0.6 is 0 Å². The van der Waals surface area contributed by atoms with Crippen molar-refractivity contribution in [2.24, 2.45) is 0 Å². The lowest BCUT2D eigenvalue weighted by Crippen LogP contribution is -2.28. The SMILES string of the molecule is O=C(NCc1nnc(-c2ccccc2)c(-c2ccccc2)n1)n1ccc2ccccc21. The van der Waals surface area contributed by atoms with Crippen LogP contribution in [0.5, 0.6) is 0 Å². The zero-order chi connectivity index (χ0) is 21.0. The van der Waals surface area contributed by atoms with E-state index in [0.717, 1.165) is 27.7 Å². The van der Waals surface area contributed by atoms with Crippen molar-refractivity contribution in [1.82, 2.24) is 25.1 Å². The molecule has 3 aromatic carbocycles. The summed E-state index contributed by atoms with van der Waals surface area (Å²) in [5.41, 5.74) is 4.18. The number of rotatable bonds is 4. The van der Waals surface area contributed by atoms with Crippen LogP contribution in [0, 0.1) is 0 Å². The standard InChI is InChI=1S/C25H19N5O/c31-25(30-16-15-18-9-7-8-14-21(18)30)26-17-22-27-23(19-10-3-1-4-11-19)24(29-28-22)20-12-5-2-6-13-20/h1-16H,17H2,(H,26,31). The minimum atomic E-state index is -0.238. The number of amides is 1. The minimum absolute atomic E-state index is 0.174. The van der Waals surface area contributed by atoms with Gasteiger partial charge < -0.3 is 5.32 Å². The van der Waals surface area contributed by atoms with Crippen LogP contribution in [-0.2, 0) is 6.54 Å². The highest BCUT2D eigenvalue weighted by Crippen LogP contribution is 2.27. The number of aromatic nitrogens is 4. The lowest BCUT2D eigenvalue weighted by atomic mass is 10.0. The molecule has 0 bridgehead atoms. The molecule has 0 spiro atoms. The van der Waals surface area contributed by atoms with E-state index in [1.165, 1.54) is 0 Å². The smallest absolute Gasteiger partial charge is 0.326 e. The fourth-order valence-electron chi connectivity index (χ4n) is 3.52. The zero-order valence-electron chi connectivity index (χ0n) is 16.6. The highest BCUT2D eigenvalue weighted by atomic mass is 16.2. The second kappa shape index (κ2) is 8.20. The van der Waals surface area contributed by atoms with E-state index in [0.29, 0.717) is 11.5 Å². The van der Waals surface area contributed by atoms with Crippen molar-refractivity contribution in [2.75, 3.05) is 0 Å². The third-order valence-corrected chi connectivity index (χ3v) is 5.04. The number of carbonyl (C=O) groups is 1. The Morgan fingerprint density at radius 1 is 0.742 bits per heavy atom. The van der Waals surface area contributed by atoms with Gasteiger partial charge in [0.1, 0.15) is 11.4 Å². The summed E-state index contributed by atoms with van der Waals surface area (Å²) in [6.45, 7) is 0.174. The van der Waals surface area contributed by atoms with Gasteiger partial charge in [0.2, 0.25) is 0 Å². The maximum Gasteiger partial charge on any atom is 0.326 e. The van der Waals surface area contributed by atoms with Crippen molar-refractivity contribution in [3.63, 3.8) is 0 Å². The second-order valence-corrected chi connectivity index (χ2v) is 7.06. The zero-order valence-corrected chi connectivity index (χ0v) is 16.6. The average molecular weight is 405 g/mol. The van der Waals surface area contributed by atoms with Gasteiger partial charge in [-0.25, -0.2) is 9.78 Å². The van der Waals surface area contributed by atoms with Crippen molar-refractivity contribution in [2.45, 2.75) is 6.54 Å². The molecule has 6 heteroatoms. The quantitative estimate of drug-likeness (QED) is 0.461. The Hall–Kier alpha value is -4.32. The first-order valence-corrected chi connectivity index (χ1v) is 9.98. The largest absolute Gasteiger partial charge is 0.330 e. The minimum Gasteiger partial charge on any atom is -0.330 e. The Labute approximate surface area is 179 Å². The van der Waals surface area contributed by atoms with Crippen LogP contribution in [0.25, 0.3) is 33.4 Å². The molecule has 31 heavy (non-hydrogen) atoms. The van der Waals surface area contributed by atoms with Crippen LogP contribution in [0.2, 0.25) is 0 Å². The summed E-state index contributed by atoms with van der Waals surface area (Å²) in [6, 6.07) is 29.1. The van der Waals surface area contributed by atoms with Crippen molar-refractivity contribution < 1.29 is 4.79 Å². The highest BCUT2D eigenvalue weighted by Gasteiger charge is 2.14. The summed E-state index contributed by atoms with van der Waals surface area (Å²) in [5, 5.41) is 12.6. The van der Waals surface area contributed by atoms with Crippen LogP contribution in [0.1, 0.15) is 5.82 Å². The number of hydrogen-bond acceptors (Lipinski definition) is 4.